The molecule has 4 unspecified atom stereocenters. The number of benzene rings is 1. The van der Waals surface area contributed by atoms with E-state index in [0.29, 0.717) is 37.6 Å². The minimum Gasteiger partial charge on any atom is -0.508 e. The minimum absolute atomic E-state index is 0.00665. The van der Waals surface area contributed by atoms with Crippen molar-refractivity contribution in [3.05, 3.63) is 29.8 Å². The summed E-state index contributed by atoms with van der Waals surface area (Å²) in [6.45, 7) is 18.9. The highest BCUT2D eigenvalue weighted by Gasteiger charge is 2.72. The number of carbonyl (C=O) groups is 4. The Bertz CT molecular complexity index is 1530. The Kier molecular flexibility index (Phi) is 11.8. The third-order valence-corrected chi connectivity index (χ3v) is 15.2. The molecule has 4 saturated carbocycles. The number of phenolic OH excluding ortho intramolecular Hbond substituents is 1. The maximum absolute atomic E-state index is 12.9. The quantitative estimate of drug-likeness (QED) is 0.127. The lowest BCUT2D eigenvalue weighted by Crippen LogP contribution is -2.67. The number of carbonyl (C=O) groups excluding carboxylic acids is 4. The Morgan fingerprint density at radius 3 is 2.11 bits per heavy atom. The lowest BCUT2D eigenvalue weighted by Gasteiger charge is -2.70. The Labute approximate surface area is 316 Å². The lowest BCUT2D eigenvalue weighted by molar-refractivity contribution is -0.253. The number of hydrogen-bond acceptors (Lipinski definition) is 10. The van der Waals surface area contributed by atoms with Crippen molar-refractivity contribution in [2.45, 2.75) is 150 Å². The van der Waals surface area contributed by atoms with Crippen LogP contribution in [0.15, 0.2) is 24.3 Å². The van der Waals surface area contributed by atoms with Crippen LogP contribution in [-0.2, 0) is 44.5 Å². The number of esters is 4. The third kappa shape index (κ3) is 7.59. The lowest BCUT2D eigenvalue weighted by atomic mass is 9.35. The van der Waals surface area contributed by atoms with Crippen molar-refractivity contribution in [3.63, 3.8) is 0 Å². The monoisotopic (exact) mass is 739 g/mol. The molecule has 53 heavy (non-hydrogen) atoms. The molecular formula is C43H65NO9. The molecule has 0 amide bonds. The molecule has 0 spiro atoms. The van der Waals surface area contributed by atoms with Crippen molar-refractivity contribution < 1.29 is 43.2 Å². The van der Waals surface area contributed by atoms with Crippen LogP contribution in [0, 0.1) is 45.3 Å². The molecule has 5 rings (SSSR count). The second kappa shape index (κ2) is 15.2. The molecule has 2 N–H and O–H groups in total. The van der Waals surface area contributed by atoms with Crippen molar-refractivity contribution in [2.24, 2.45) is 45.3 Å². The van der Waals surface area contributed by atoms with Gasteiger partial charge in [0, 0.05) is 38.0 Å². The number of rotatable bonds is 12. The number of phenols is 1. The van der Waals surface area contributed by atoms with Gasteiger partial charge in [-0.3, -0.25) is 19.2 Å². The summed E-state index contributed by atoms with van der Waals surface area (Å²) >= 11 is 0. The third-order valence-electron chi connectivity index (χ3n) is 15.2. The fourth-order valence-electron chi connectivity index (χ4n) is 12.7. The predicted octanol–water partition coefficient (Wildman–Crippen LogP) is 7.33. The van der Waals surface area contributed by atoms with E-state index in [1.54, 1.807) is 24.3 Å². The van der Waals surface area contributed by atoms with E-state index in [1.807, 2.05) is 0 Å². The topological polar surface area (TPSA) is 137 Å². The zero-order valence-corrected chi connectivity index (χ0v) is 33.8. The normalized spacial score (nSPS) is 36.0. The van der Waals surface area contributed by atoms with Crippen LogP contribution in [0.3, 0.4) is 0 Å². The molecule has 10 heteroatoms. The molecule has 0 saturated heterocycles. The first kappa shape index (κ1) is 41.0. The van der Waals surface area contributed by atoms with E-state index in [0.717, 1.165) is 50.5 Å². The van der Waals surface area contributed by atoms with Crippen molar-refractivity contribution in [2.75, 3.05) is 13.7 Å². The summed E-state index contributed by atoms with van der Waals surface area (Å²) in [4.78, 5) is 50.5. The second-order valence-corrected chi connectivity index (χ2v) is 18.4. The van der Waals surface area contributed by atoms with Crippen molar-refractivity contribution in [1.82, 2.24) is 5.32 Å². The van der Waals surface area contributed by atoms with Crippen LogP contribution in [0.25, 0.3) is 0 Å². The van der Waals surface area contributed by atoms with E-state index in [-0.39, 0.29) is 75.3 Å². The van der Waals surface area contributed by atoms with Gasteiger partial charge in [-0.05, 0) is 123 Å². The van der Waals surface area contributed by atoms with Crippen LogP contribution in [0.1, 0.15) is 126 Å². The van der Waals surface area contributed by atoms with Crippen LogP contribution in [0.2, 0.25) is 0 Å². The molecule has 0 aliphatic heterocycles. The summed E-state index contributed by atoms with van der Waals surface area (Å²) in [6.07, 6.45) is 7.56. The number of ether oxygens (including phenoxy) is 4. The Morgan fingerprint density at radius 2 is 1.51 bits per heavy atom. The van der Waals surface area contributed by atoms with Crippen LogP contribution in [0.4, 0.5) is 0 Å². The standard InChI is InChI=1S/C43H65NO9/c1-26(45)51-33-25-35-40(6)20-18-36(52-27(2)46)39(4,5)34(40)17-22-41(35,7)42(8)21-16-31(37(33)42)43(9,53-28(3)47)19-11-23-44-32(38(49)50-10)24-29-12-14-30(48)15-13-29/h12-15,31-37,44,48H,11,16-25H2,1-10H3/t31?,32-,33?,34?,35?,36+,37+,40+,41-,42-,43+/m1/s1. The van der Waals surface area contributed by atoms with Crippen LogP contribution < -0.4 is 5.32 Å². The second-order valence-electron chi connectivity index (χ2n) is 18.4. The van der Waals surface area contributed by atoms with Gasteiger partial charge in [0.05, 0.1) is 7.11 Å². The van der Waals surface area contributed by atoms with Gasteiger partial charge in [-0.1, -0.05) is 46.8 Å². The molecule has 296 valence electrons. The number of methoxy groups -OCH3 is 1. The molecule has 4 aliphatic carbocycles. The minimum atomic E-state index is -0.819. The van der Waals surface area contributed by atoms with Gasteiger partial charge >= 0.3 is 23.9 Å². The summed E-state index contributed by atoms with van der Waals surface area (Å²) in [5.74, 6) is -0.448. The Balaban J connectivity index is 1.40. The van der Waals surface area contributed by atoms with E-state index < -0.39 is 11.6 Å². The van der Waals surface area contributed by atoms with E-state index >= 15 is 0 Å². The van der Waals surface area contributed by atoms with Crippen molar-refractivity contribution in [3.8, 4) is 5.75 Å². The van der Waals surface area contributed by atoms with Gasteiger partial charge in [0.25, 0.3) is 0 Å². The molecule has 4 aliphatic rings. The van der Waals surface area contributed by atoms with E-state index in [2.05, 4.69) is 46.9 Å². The fraction of sp³-hybridized carbons (Fsp3) is 0.767. The Morgan fingerprint density at radius 1 is 0.868 bits per heavy atom. The van der Waals surface area contributed by atoms with Crippen LogP contribution >= 0.6 is 0 Å². The Hall–Kier alpha value is -3.14. The largest absolute Gasteiger partial charge is 0.508 e. The molecule has 1 aromatic rings. The summed E-state index contributed by atoms with van der Waals surface area (Å²) in [5, 5.41) is 13.1. The fourth-order valence-corrected chi connectivity index (χ4v) is 12.7. The van der Waals surface area contributed by atoms with E-state index in [9.17, 15) is 24.3 Å². The smallest absolute Gasteiger partial charge is 0.323 e. The number of aromatic hydroxyl groups is 1. The van der Waals surface area contributed by atoms with Gasteiger partial charge in [-0.15, -0.1) is 0 Å². The van der Waals surface area contributed by atoms with Gasteiger partial charge in [-0.2, -0.15) is 0 Å². The summed E-state index contributed by atoms with van der Waals surface area (Å²) in [5.41, 5.74) is -0.361. The van der Waals surface area contributed by atoms with E-state index in [4.69, 9.17) is 18.9 Å². The highest BCUT2D eigenvalue weighted by molar-refractivity contribution is 5.76. The summed E-state index contributed by atoms with van der Waals surface area (Å²) in [7, 11) is 1.37. The van der Waals surface area contributed by atoms with Crippen LogP contribution in [-0.4, -0.2) is 66.5 Å². The predicted molar refractivity (Wildman–Crippen MR) is 201 cm³/mol. The summed E-state index contributed by atoms with van der Waals surface area (Å²) < 4.78 is 23.7. The first-order valence-electron chi connectivity index (χ1n) is 19.8. The molecule has 0 radical (unpaired) electrons. The first-order chi connectivity index (χ1) is 24.7. The molecule has 1 aromatic carbocycles. The number of nitrogens with one attached hydrogen (secondary N) is 1. The number of fused-ring (bicyclic) bond motifs is 5. The molecular weight excluding hydrogens is 674 g/mol. The first-order valence-corrected chi connectivity index (χ1v) is 19.8. The molecule has 0 bridgehead atoms. The van der Waals surface area contributed by atoms with Crippen LogP contribution in [0.5, 0.6) is 5.75 Å². The molecule has 11 atom stereocenters. The van der Waals surface area contributed by atoms with Crippen molar-refractivity contribution in [1.29, 1.82) is 0 Å². The van der Waals surface area contributed by atoms with Gasteiger partial charge < -0.3 is 29.4 Å². The average molecular weight is 740 g/mol. The SMILES string of the molecule is COC(=O)[C@@H](Cc1ccc(O)cc1)NCCC[C@](C)(OC(C)=O)C1CC[C@]2(C)[C@@H]1C(OC(C)=O)CC1[C@@]3(C)CC[C@H](OC(C)=O)C(C)(C)C3CC[C@]12C. The molecule has 0 aromatic heterocycles. The van der Waals surface area contributed by atoms with Gasteiger partial charge in [0.1, 0.15) is 29.6 Å². The van der Waals surface area contributed by atoms with Gasteiger partial charge in [0.2, 0.25) is 0 Å². The average Bonchev–Trinajstić information content (AvgIpc) is 3.45. The maximum Gasteiger partial charge on any atom is 0.323 e. The molecule has 10 nitrogen and oxygen atoms in total. The van der Waals surface area contributed by atoms with E-state index in [1.165, 1.54) is 27.9 Å². The molecule has 0 heterocycles. The van der Waals surface area contributed by atoms with Gasteiger partial charge in [-0.25, -0.2) is 0 Å². The van der Waals surface area contributed by atoms with Crippen molar-refractivity contribution >= 4 is 23.9 Å². The zero-order valence-electron chi connectivity index (χ0n) is 33.8. The van der Waals surface area contributed by atoms with Gasteiger partial charge in [0.15, 0.2) is 0 Å². The number of hydrogen-bond donors (Lipinski definition) is 2. The maximum atomic E-state index is 12.9. The molecule has 4 fully saturated rings. The zero-order chi connectivity index (χ0) is 39.1. The highest BCUT2D eigenvalue weighted by Crippen LogP contribution is 2.76. The highest BCUT2D eigenvalue weighted by atomic mass is 16.6. The summed E-state index contributed by atoms with van der Waals surface area (Å²) in [6, 6.07) is 6.21.